The molecule has 17 heavy (non-hydrogen) atoms. The highest BCUT2D eigenvalue weighted by molar-refractivity contribution is 5.81. The van der Waals surface area contributed by atoms with Crippen molar-refractivity contribution in [2.75, 3.05) is 7.05 Å². The highest BCUT2D eigenvalue weighted by atomic mass is 19.1. The molecule has 2 rings (SSSR count). The maximum Gasteiger partial charge on any atom is 0.140 e. The van der Waals surface area contributed by atoms with E-state index in [2.05, 4.69) is 12.2 Å². The third-order valence-electron chi connectivity index (χ3n) is 3.12. The molecule has 1 heterocycles. The molecule has 0 saturated heterocycles. The fourth-order valence-electron chi connectivity index (χ4n) is 2.13. The molecule has 1 unspecified atom stereocenters. The summed E-state index contributed by atoms with van der Waals surface area (Å²) in [6.45, 7) is 4.06. The average Bonchev–Trinajstić information content (AvgIpc) is 2.77. The van der Waals surface area contributed by atoms with Gasteiger partial charge in [-0.1, -0.05) is 19.4 Å². The molecule has 0 radical (unpaired) electrons. The van der Waals surface area contributed by atoms with Gasteiger partial charge in [0.25, 0.3) is 0 Å². The van der Waals surface area contributed by atoms with Gasteiger partial charge in [0.1, 0.15) is 17.2 Å². The minimum Gasteiger partial charge on any atom is -0.459 e. The quantitative estimate of drug-likeness (QED) is 0.868. The lowest BCUT2D eigenvalue weighted by molar-refractivity contribution is 0.429. The number of halogens is 1. The zero-order chi connectivity index (χ0) is 12.4. The third-order valence-corrected chi connectivity index (χ3v) is 3.12. The predicted octanol–water partition coefficient (Wildman–Crippen LogP) is 3.94. The Bertz CT molecular complexity index is 479. The largest absolute Gasteiger partial charge is 0.459 e. The van der Waals surface area contributed by atoms with E-state index < -0.39 is 0 Å². The molecule has 2 aromatic rings. The van der Waals surface area contributed by atoms with Crippen LogP contribution in [0.2, 0.25) is 0 Å². The fraction of sp³-hybridized carbons (Fsp3) is 0.429. The molecular formula is C14H18FNO. The van der Waals surface area contributed by atoms with Crippen LogP contribution in [0.15, 0.2) is 22.6 Å². The number of aryl methyl sites for hydroxylation is 1. The number of hydrogen-bond acceptors (Lipinski definition) is 2. The first kappa shape index (κ1) is 12.1. The van der Waals surface area contributed by atoms with Crippen molar-refractivity contribution < 1.29 is 8.81 Å². The van der Waals surface area contributed by atoms with Gasteiger partial charge in [0.2, 0.25) is 0 Å². The second-order valence-corrected chi connectivity index (χ2v) is 4.39. The Morgan fingerprint density at radius 2 is 2.18 bits per heavy atom. The van der Waals surface area contributed by atoms with E-state index in [1.54, 1.807) is 6.07 Å². The minimum atomic E-state index is -0.216. The zero-order valence-corrected chi connectivity index (χ0v) is 10.5. The summed E-state index contributed by atoms with van der Waals surface area (Å²) in [6, 6.07) is 5.21. The Kier molecular flexibility index (Phi) is 3.48. The molecule has 1 aromatic carbocycles. The first-order valence-electron chi connectivity index (χ1n) is 6.03. The first-order chi connectivity index (χ1) is 8.17. The van der Waals surface area contributed by atoms with E-state index in [0.717, 1.165) is 24.2 Å². The molecular weight excluding hydrogens is 217 g/mol. The van der Waals surface area contributed by atoms with Gasteiger partial charge in [-0.25, -0.2) is 4.39 Å². The summed E-state index contributed by atoms with van der Waals surface area (Å²) < 4.78 is 19.4. The summed E-state index contributed by atoms with van der Waals surface area (Å²) >= 11 is 0. The number of furan rings is 1. The van der Waals surface area contributed by atoms with Crippen molar-refractivity contribution in [3.63, 3.8) is 0 Å². The molecule has 1 atom stereocenters. The van der Waals surface area contributed by atoms with Gasteiger partial charge in [-0.15, -0.1) is 0 Å². The molecule has 2 nitrogen and oxygen atoms in total. The number of hydrogen-bond donors (Lipinski definition) is 1. The van der Waals surface area contributed by atoms with Crippen molar-refractivity contribution in [2.24, 2.45) is 0 Å². The third kappa shape index (κ3) is 2.20. The molecule has 0 aliphatic rings. The molecule has 1 aromatic heterocycles. The van der Waals surface area contributed by atoms with Crippen molar-refractivity contribution in [1.29, 1.82) is 0 Å². The van der Waals surface area contributed by atoms with Gasteiger partial charge in [0.15, 0.2) is 0 Å². The summed E-state index contributed by atoms with van der Waals surface area (Å²) in [5.41, 5.74) is 1.63. The zero-order valence-electron chi connectivity index (χ0n) is 10.5. The van der Waals surface area contributed by atoms with E-state index in [4.69, 9.17) is 4.42 Å². The van der Waals surface area contributed by atoms with Crippen molar-refractivity contribution in [1.82, 2.24) is 5.32 Å². The van der Waals surface area contributed by atoms with Gasteiger partial charge in [0, 0.05) is 0 Å². The Morgan fingerprint density at radius 3 is 2.76 bits per heavy atom. The van der Waals surface area contributed by atoms with E-state index in [0.29, 0.717) is 11.0 Å². The van der Waals surface area contributed by atoms with Gasteiger partial charge in [-0.3, -0.25) is 0 Å². The molecule has 0 saturated carbocycles. The van der Waals surface area contributed by atoms with Crippen molar-refractivity contribution in [3.05, 3.63) is 35.3 Å². The Labute approximate surface area is 101 Å². The molecule has 0 aliphatic carbocycles. The smallest absolute Gasteiger partial charge is 0.140 e. The summed E-state index contributed by atoms with van der Waals surface area (Å²) in [7, 11) is 1.90. The normalized spacial score (nSPS) is 13.2. The maximum absolute atomic E-state index is 13.7. The molecule has 3 heteroatoms. The van der Waals surface area contributed by atoms with Gasteiger partial charge in [-0.05, 0) is 38.1 Å². The van der Waals surface area contributed by atoms with Crippen molar-refractivity contribution in [3.8, 4) is 0 Å². The lowest BCUT2D eigenvalue weighted by Crippen LogP contribution is -2.15. The van der Waals surface area contributed by atoms with E-state index in [-0.39, 0.29) is 11.9 Å². The molecule has 92 valence electrons. The van der Waals surface area contributed by atoms with E-state index >= 15 is 0 Å². The van der Waals surface area contributed by atoms with Crippen LogP contribution in [0.1, 0.15) is 37.1 Å². The van der Waals surface area contributed by atoms with Crippen LogP contribution in [0, 0.1) is 12.7 Å². The molecule has 0 bridgehead atoms. The number of rotatable bonds is 4. The summed E-state index contributed by atoms with van der Waals surface area (Å²) in [4.78, 5) is 0. The topological polar surface area (TPSA) is 25.2 Å². The van der Waals surface area contributed by atoms with Crippen LogP contribution in [0.5, 0.6) is 0 Å². The Hall–Kier alpha value is -1.35. The molecule has 0 fully saturated rings. The Balaban J connectivity index is 2.50. The number of benzene rings is 1. The highest BCUT2D eigenvalue weighted by Gasteiger charge is 2.16. The van der Waals surface area contributed by atoms with Crippen LogP contribution in [0.25, 0.3) is 11.0 Å². The maximum atomic E-state index is 13.7. The van der Waals surface area contributed by atoms with Crippen LogP contribution < -0.4 is 5.32 Å². The average molecular weight is 235 g/mol. The van der Waals surface area contributed by atoms with Gasteiger partial charge < -0.3 is 9.73 Å². The van der Waals surface area contributed by atoms with Crippen LogP contribution >= 0.6 is 0 Å². The minimum absolute atomic E-state index is 0.159. The number of nitrogens with one attached hydrogen (secondary N) is 1. The van der Waals surface area contributed by atoms with E-state index in [1.165, 1.54) is 6.07 Å². The van der Waals surface area contributed by atoms with Crippen LogP contribution in [0.3, 0.4) is 0 Å². The van der Waals surface area contributed by atoms with Crippen LogP contribution in [0.4, 0.5) is 4.39 Å². The predicted molar refractivity (Wildman–Crippen MR) is 67.6 cm³/mol. The second kappa shape index (κ2) is 4.88. The van der Waals surface area contributed by atoms with Gasteiger partial charge >= 0.3 is 0 Å². The first-order valence-corrected chi connectivity index (χ1v) is 6.03. The standard InChI is InChI=1S/C14H18FNO/c1-4-5-12(16-3)13-8-10-11(15)7-6-9(2)14(10)17-13/h6-8,12,16H,4-5H2,1-3H3. The number of fused-ring (bicyclic) bond motifs is 1. The summed E-state index contributed by atoms with van der Waals surface area (Å²) in [6.07, 6.45) is 2.04. The van der Waals surface area contributed by atoms with Crippen molar-refractivity contribution >= 4 is 11.0 Å². The molecule has 0 amide bonds. The monoisotopic (exact) mass is 235 g/mol. The van der Waals surface area contributed by atoms with Gasteiger partial charge in [0.05, 0.1) is 11.4 Å². The molecule has 0 spiro atoms. The van der Waals surface area contributed by atoms with Gasteiger partial charge in [-0.2, -0.15) is 0 Å². The molecule has 0 aliphatic heterocycles. The fourth-order valence-corrected chi connectivity index (χ4v) is 2.13. The van der Waals surface area contributed by atoms with E-state index in [9.17, 15) is 4.39 Å². The second-order valence-electron chi connectivity index (χ2n) is 4.39. The summed E-state index contributed by atoms with van der Waals surface area (Å²) in [5, 5.41) is 3.78. The molecule has 1 N–H and O–H groups in total. The Morgan fingerprint density at radius 1 is 1.41 bits per heavy atom. The van der Waals surface area contributed by atoms with E-state index in [1.807, 2.05) is 20.0 Å². The lowest BCUT2D eigenvalue weighted by atomic mass is 10.1. The van der Waals surface area contributed by atoms with Crippen LogP contribution in [-0.2, 0) is 0 Å². The summed E-state index contributed by atoms with van der Waals surface area (Å²) in [5.74, 6) is 0.601. The van der Waals surface area contributed by atoms with Crippen LogP contribution in [-0.4, -0.2) is 7.05 Å². The lowest BCUT2D eigenvalue weighted by Gasteiger charge is -2.11. The van der Waals surface area contributed by atoms with Crippen molar-refractivity contribution in [2.45, 2.75) is 32.7 Å². The highest BCUT2D eigenvalue weighted by Crippen LogP contribution is 2.29. The SMILES string of the molecule is CCCC(NC)c1cc2c(F)ccc(C)c2o1.